The fraction of sp³-hybridized carbons (Fsp3) is 0.793. The van der Waals surface area contributed by atoms with E-state index < -0.39 is 28.5 Å². The summed E-state index contributed by atoms with van der Waals surface area (Å²) >= 11 is 0. The van der Waals surface area contributed by atoms with Gasteiger partial charge in [-0.25, -0.2) is 4.79 Å². The van der Waals surface area contributed by atoms with Crippen LogP contribution in [0.2, 0.25) is 0 Å². The molecule has 2 aliphatic carbocycles. The van der Waals surface area contributed by atoms with Crippen molar-refractivity contribution in [1.29, 1.82) is 0 Å². The quantitative estimate of drug-likeness (QED) is 0.318. The molecular weight excluding hydrogens is 476 g/mol. The van der Waals surface area contributed by atoms with Crippen molar-refractivity contribution < 1.29 is 38.4 Å². The lowest BCUT2D eigenvalue weighted by Crippen LogP contribution is -2.66. The Morgan fingerprint density at radius 1 is 1.05 bits per heavy atom. The maximum atomic E-state index is 13.1. The molecule has 0 aromatic carbocycles. The van der Waals surface area contributed by atoms with Gasteiger partial charge in [-0.05, 0) is 52.9 Å². The lowest BCUT2D eigenvalue weighted by Gasteiger charge is -2.58. The Kier molecular flexibility index (Phi) is 7.33. The first-order chi connectivity index (χ1) is 17.6. The molecule has 5 rings (SSSR count). The maximum absolute atomic E-state index is 13.1. The van der Waals surface area contributed by atoms with Crippen LogP contribution in [0.15, 0.2) is 23.3 Å². The molecule has 206 valence electrons. The first-order valence-corrected chi connectivity index (χ1v) is 13.9. The molecule has 8 atom stereocenters. The van der Waals surface area contributed by atoms with Crippen LogP contribution in [0, 0.1) is 10.8 Å². The van der Waals surface area contributed by atoms with E-state index in [9.17, 15) is 14.7 Å². The van der Waals surface area contributed by atoms with Crippen LogP contribution in [0.5, 0.6) is 0 Å². The van der Waals surface area contributed by atoms with Gasteiger partial charge in [0.25, 0.3) is 0 Å². The number of carbonyl (C=O) groups is 2. The number of aliphatic hydroxyl groups is 1. The van der Waals surface area contributed by atoms with Crippen molar-refractivity contribution in [3.8, 4) is 0 Å². The van der Waals surface area contributed by atoms with Gasteiger partial charge in [0, 0.05) is 24.3 Å². The summed E-state index contributed by atoms with van der Waals surface area (Å²) in [5.74, 6) is -0.622. The molecule has 3 heterocycles. The highest BCUT2D eigenvalue weighted by Gasteiger charge is 2.83. The largest absolute Gasteiger partial charge is 0.462 e. The Bertz CT molecular complexity index is 965. The van der Waals surface area contributed by atoms with E-state index in [1.807, 2.05) is 6.92 Å². The van der Waals surface area contributed by atoms with Crippen LogP contribution in [0.25, 0.3) is 0 Å². The van der Waals surface area contributed by atoms with Crippen molar-refractivity contribution in [2.24, 2.45) is 10.8 Å². The van der Waals surface area contributed by atoms with Gasteiger partial charge in [0.05, 0.1) is 43.0 Å². The van der Waals surface area contributed by atoms with Crippen molar-refractivity contribution in [1.82, 2.24) is 0 Å². The fourth-order valence-corrected chi connectivity index (χ4v) is 7.32. The number of cyclic esters (lactones) is 1. The average Bonchev–Trinajstić information content (AvgIpc) is 3.61. The molecule has 0 amide bonds. The molecule has 2 bridgehead atoms. The molecule has 5 aliphatic rings. The van der Waals surface area contributed by atoms with E-state index in [1.54, 1.807) is 6.92 Å². The minimum atomic E-state index is -0.614. The molecule has 3 aliphatic heterocycles. The van der Waals surface area contributed by atoms with Gasteiger partial charge in [-0.1, -0.05) is 30.6 Å². The monoisotopic (exact) mass is 518 g/mol. The summed E-state index contributed by atoms with van der Waals surface area (Å²) in [6.07, 6.45) is 7.18. The minimum Gasteiger partial charge on any atom is -0.462 e. The van der Waals surface area contributed by atoms with Crippen molar-refractivity contribution in [3.05, 3.63) is 23.3 Å². The summed E-state index contributed by atoms with van der Waals surface area (Å²) in [4.78, 5) is 26.0. The molecule has 2 saturated heterocycles. The lowest BCUT2D eigenvalue weighted by atomic mass is 9.51. The molecule has 0 aromatic rings. The average molecular weight is 519 g/mol. The van der Waals surface area contributed by atoms with E-state index in [-0.39, 0.29) is 37.0 Å². The zero-order chi connectivity index (χ0) is 26.4. The number of ether oxygens (including phenoxy) is 5. The number of epoxide rings is 1. The number of esters is 2. The normalized spacial score (nSPS) is 45.3. The van der Waals surface area contributed by atoms with Gasteiger partial charge in [0.15, 0.2) is 0 Å². The number of allylic oxidation sites excluding steroid dienone is 1. The molecular formula is C29H42O8. The minimum absolute atomic E-state index is 0.161. The lowest BCUT2D eigenvalue weighted by molar-refractivity contribution is -0.232. The topological polar surface area (TPSA) is 104 Å². The zero-order valence-corrected chi connectivity index (χ0v) is 22.6. The Morgan fingerprint density at radius 2 is 1.84 bits per heavy atom. The second-order valence-electron chi connectivity index (χ2n) is 12.1. The Morgan fingerprint density at radius 3 is 2.57 bits per heavy atom. The van der Waals surface area contributed by atoms with E-state index in [4.69, 9.17) is 23.7 Å². The molecule has 0 unspecified atom stereocenters. The van der Waals surface area contributed by atoms with Crippen LogP contribution >= 0.6 is 0 Å². The number of rotatable bonds is 1. The third-order valence-electron chi connectivity index (χ3n) is 9.81. The molecule has 3 fully saturated rings. The Labute approximate surface area is 219 Å². The van der Waals surface area contributed by atoms with Crippen molar-refractivity contribution in [3.63, 3.8) is 0 Å². The molecule has 37 heavy (non-hydrogen) atoms. The fourth-order valence-electron chi connectivity index (χ4n) is 7.32. The van der Waals surface area contributed by atoms with Gasteiger partial charge in [0.2, 0.25) is 0 Å². The van der Waals surface area contributed by atoms with Gasteiger partial charge in [-0.3, -0.25) is 4.79 Å². The van der Waals surface area contributed by atoms with E-state index in [2.05, 4.69) is 19.9 Å². The van der Waals surface area contributed by atoms with Crippen molar-refractivity contribution >= 4 is 11.9 Å². The predicted octanol–water partition coefficient (Wildman–Crippen LogP) is 3.79. The highest BCUT2D eigenvalue weighted by Crippen LogP contribution is 2.72. The van der Waals surface area contributed by atoms with E-state index >= 15 is 0 Å². The van der Waals surface area contributed by atoms with Crippen LogP contribution in [-0.4, -0.2) is 73.0 Å². The van der Waals surface area contributed by atoms with Crippen LogP contribution in [0.3, 0.4) is 0 Å². The van der Waals surface area contributed by atoms with E-state index in [1.165, 1.54) is 11.6 Å². The number of hydrogen-bond donors (Lipinski definition) is 1. The number of hydrogen-bond acceptors (Lipinski definition) is 8. The third kappa shape index (κ3) is 4.58. The third-order valence-corrected chi connectivity index (χ3v) is 9.81. The molecule has 1 saturated carbocycles. The number of carbonyl (C=O) groups excluding carboxylic acids is 2. The van der Waals surface area contributed by atoms with Crippen LogP contribution in [0.4, 0.5) is 0 Å². The summed E-state index contributed by atoms with van der Waals surface area (Å²) in [6, 6.07) is 0. The summed E-state index contributed by atoms with van der Waals surface area (Å²) in [5.41, 5.74) is 0.503. The van der Waals surface area contributed by atoms with Crippen LogP contribution in [-0.2, 0) is 33.3 Å². The van der Waals surface area contributed by atoms with Gasteiger partial charge < -0.3 is 28.8 Å². The number of aliphatic hydroxyl groups excluding tert-OH is 1. The summed E-state index contributed by atoms with van der Waals surface area (Å²) in [6.45, 7) is 9.02. The first-order valence-electron chi connectivity index (χ1n) is 13.9. The zero-order valence-electron chi connectivity index (χ0n) is 22.6. The molecule has 1 N–H and O–H groups in total. The second-order valence-corrected chi connectivity index (χ2v) is 12.1. The standard InChI is InChI=1S/C29H42O8/c1-18-9-11-28-16-34-26(32)14-19(2)10-12-33-21(20(3)30)7-5-6-8-25(31)37-22-15-24(36-23(28)13-18)29(17-35-29)27(22,28)4/h13-14,20-24,30H,5-12,15-17H2,1-4H3/b19-14+/t20-,21-,22+,23+,24+,27+,28+,29-/m0/s1. The van der Waals surface area contributed by atoms with Gasteiger partial charge in [-0.15, -0.1) is 0 Å². The van der Waals surface area contributed by atoms with Gasteiger partial charge in [-0.2, -0.15) is 0 Å². The summed E-state index contributed by atoms with van der Waals surface area (Å²) in [7, 11) is 0. The van der Waals surface area contributed by atoms with E-state index in [0.29, 0.717) is 45.3 Å². The molecule has 8 nitrogen and oxygen atoms in total. The van der Waals surface area contributed by atoms with Crippen molar-refractivity contribution in [2.75, 3.05) is 19.8 Å². The van der Waals surface area contributed by atoms with Gasteiger partial charge in [0.1, 0.15) is 18.3 Å². The van der Waals surface area contributed by atoms with E-state index in [0.717, 1.165) is 24.8 Å². The highest BCUT2D eigenvalue weighted by atomic mass is 16.6. The second kappa shape index (κ2) is 10.1. The molecule has 0 aromatic heterocycles. The maximum Gasteiger partial charge on any atom is 0.330 e. The molecule has 0 radical (unpaired) electrons. The predicted molar refractivity (Wildman–Crippen MR) is 135 cm³/mol. The Balaban J connectivity index is 1.46. The summed E-state index contributed by atoms with van der Waals surface area (Å²) in [5, 5.41) is 10.1. The van der Waals surface area contributed by atoms with Crippen LogP contribution < -0.4 is 0 Å². The Hall–Kier alpha value is -1.74. The first kappa shape index (κ1) is 26.9. The van der Waals surface area contributed by atoms with Crippen LogP contribution in [0.1, 0.15) is 79.1 Å². The smallest absolute Gasteiger partial charge is 0.330 e. The van der Waals surface area contributed by atoms with Crippen molar-refractivity contribution in [2.45, 2.75) is 115 Å². The highest BCUT2D eigenvalue weighted by molar-refractivity contribution is 5.82. The SMILES string of the molecule is CC1=C[C@H]2O[C@@H]3C[C@H]4OC(=O)CCCC[C@@H]([C@H](C)O)OCC/C(C)=C/C(=O)OC[C@@]2(CC1)[C@]4(C)[C@]31CO1. The summed E-state index contributed by atoms with van der Waals surface area (Å²) < 4.78 is 30.9. The molecule has 8 heteroatoms. The molecule has 2 spiro atoms. The van der Waals surface area contributed by atoms with Gasteiger partial charge >= 0.3 is 11.9 Å².